The van der Waals surface area contributed by atoms with Crippen LogP contribution in [-0.2, 0) is 13.1 Å². The molecule has 6 nitrogen and oxygen atoms in total. The number of rotatable bonds is 8. The van der Waals surface area contributed by atoms with E-state index in [1.54, 1.807) is 12.5 Å². The van der Waals surface area contributed by atoms with Crippen LogP contribution in [0.2, 0.25) is 0 Å². The van der Waals surface area contributed by atoms with Crippen molar-refractivity contribution in [3.63, 3.8) is 0 Å². The van der Waals surface area contributed by atoms with Gasteiger partial charge in [0, 0.05) is 38.1 Å². The van der Waals surface area contributed by atoms with Crippen molar-refractivity contribution < 1.29 is 9.90 Å². The molecule has 1 aromatic heterocycles. The summed E-state index contributed by atoms with van der Waals surface area (Å²) < 4.78 is 2.00. The number of urea groups is 1. The number of amides is 2. The van der Waals surface area contributed by atoms with Crippen LogP contribution in [0.1, 0.15) is 30.9 Å². The van der Waals surface area contributed by atoms with Gasteiger partial charge in [-0.3, -0.25) is 0 Å². The second-order valence-corrected chi connectivity index (χ2v) is 5.65. The highest BCUT2D eigenvalue weighted by molar-refractivity contribution is 5.74. The number of carbonyl (C=O) groups excluding carboxylic acids is 1. The summed E-state index contributed by atoms with van der Waals surface area (Å²) in [4.78, 5) is 15.9. The predicted molar refractivity (Wildman–Crippen MR) is 88.9 cm³/mol. The molecule has 6 heteroatoms. The third-order valence-corrected chi connectivity index (χ3v) is 3.54. The van der Waals surface area contributed by atoms with Gasteiger partial charge >= 0.3 is 6.03 Å². The number of nitrogens with zero attached hydrogens (tertiary/aromatic N) is 2. The zero-order valence-corrected chi connectivity index (χ0v) is 13.4. The van der Waals surface area contributed by atoms with Crippen molar-refractivity contribution in [3.8, 4) is 0 Å². The van der Waals surface area contributed by atoms with Gasteiger partial charge in [0.1, 0.15) is 0 Å². The number of benzene rings is 1. The molecule has 0 aliphatic rings. The van der Waals surface area contributed by atoms with Gasteiger partial charge in [0.2, 0.25) is 0 Å². The zero-order chi connectivity index (χ0) is 16.5. The standard InChI is InChI=1S/C17H24N4O2/c1-14(4-3-9-22)20-17(23)19-11-15-5-2-6-16(10-15)12-21-8-7-18-13-21/h2,5-8,10,13-14,22H,3-4,9,11-12H2,1H3,(H2,19,20,23). The van der Waals surface area contributed by atoms with Crippen LogP contribution in [0, 0.1) is 0 Å². The number of aliphatic hydroxyl groups is 1. The Bertz CT molecular complexity index is 598. The van der Waals surface area contributed by atoms with Crippen molar-refractivity contribution in [1.82, 2.24) is 20.2 Å². The molecular formula is C17H24N4O2. The fourth-order valence-corrected chi connectivity index (χ4v) is 2.36. The molecule has 23 heavy (non-hydrogen) atoms. The third-order valence-electron chi connectivity index (χ3n) is 3.54. The van der Waals surface area contributed by atoms with Gasteiger partial charge in [-0.25, -0.2) is 9.78 Å². The highest BCUT2D eigenvalue weighted by Crippen LogP contribution is 2.07. The van der Waals surface area contributed by atoms with E-state index in [0.717, 1.165) is 18.5 Å². The summed E-state index contributed by atoms with van der Waals surface area (Å²) in [7, 11) is 0. The van der Waals surface area contributed by atoms with Gasteiger partial charge in [-0.2, -0.15) is 0 Å². The summed E-state index contributed by atoms with van der Waals surface area (Å²) in [6.45, 7) is 3.33. The highest BCUT2D eigenvalue weighted by Gasteiger charge is 2.06. The van der Waals surface area contributed by atoms with Crippen LogP contribution in [0.4, 0.5) is 4.79 Å². The molecule has 0 fully saturated rings. The lowest BCUT2D eigenvalue weighted by Crippen LogP contribution is -2.40. The molecule has 124 valence electrons. The van der Waals surface area contributed by atoms with Crippen molar-refractivity contribution in [2.24, 2.45) is 0 Å². The van der Waals surface area contributed by atoms with E-state index in [2.05, 4.69) is 27.8 Å². The summed E-state index contributed by atoms with van der Waals surface area (Å²) >= 11 is 0. The maximum Gasteiger partial charge on any atom is 0.315 e. The number of carbonyl (C=O) groups is 1. The Morgan fingerprint density at radius 3 is 2.96 bits per heavy atom. The van der Waals surface area contributed by atoms with E-state index in [1.165, 1.54) is 5.56 Å². The van der Waals surface area contributed by atoms with Crippen LogP contribution < -0.4 is 10.6 Å². The Kier molecular flexibility index (Phi) is 6.62. The van der Waals surface area contributed by atoms with Gasteiger partial charge in [0.15, 0.2) is 0 Å². The summed E-state index contributed by atoms with van der Waals surface area (Å²) in [5.74, 6) is 0. The average Bonchev–Trinajstić information content (AvgIpc) is 3.04. The minimum atomic E-state index is -0.185. The normalized spacial score (nSPS) is 11.9. The van der Waals surface area contributed by atoms with Crippen LogP contribution in [0.15, 0.2) is 43.0 Å². The average molecular weight is 316 g/mol. The summed E-state index contributed by atoms with van der Waals surface area (Å²) in [6, 6.07) is 7.98. The predicted octanol–water partition coefficient (Wildman–Crippen LogP) is 1.89. The summed E-state index contributed by atoms with van der Waals surface area (Å²) in [5.41, 5.74) is 2.22. The molecule has 3 N–H and O–H groups in total. The molecule has 0 aliphatic carbocycles. The van der Waals surface area contributed by atoms with E-state index < -0.39 is 0 Å². The molecule has 0 saturated heterocycles. The molecule has 0 bridgehead atoms. The van der Waals surface area contributed by atoms with Crippen molar-refractivity contribution in [2.45, 2.75) is 38.9 Å². The lowest BCUT2D eigenvalue weighted by molar-refractivity contribution is 0.234. The molecule has 0 saturated carbocycles. The van der Waals surface area contributed by atoms with Crippen LogP contribution in [-0.4, -0.2) is 33.3 Å². The van der Waals surface area contributed by atoms with Crippen LogP contribution in [0.25, 0.3) is 0 Å². The smallest absolute Gasteiger partial charge is 0.315 e. The fourth-order valence-electron chi connectivity index (χ4n) is 2.36. The third kappa shape index (κ3) is 6.12. The molecule has 2 rings (SSSR count). The molecule has 0 radical (unpaired) electrons. The number of nitrogens with one attached hydrogen (secondary N) is 2. The lowest BCUT2D eigenvalue weighted by atomic mass is 10.1. The molecule has 0 spiro atoms. The Labute approximate surface area is 136 Å². The topological polar surface area (TPSA) is 79.2 Å². The summed E-state index contributed by atoms with van der Waals surface area (Å²) in [5, 5.41) is 14.5. The van der Waals surface area contributed by atoms with Crippen molar-refractivity contribution >= 4 is 6.03 Å². The van der Waals surface area contributed by atoms with E-state index in [0.29, 0.717) is 13.0 Å². The Hall–Kier alpha value is -2.34. The van der Waals surface area contributed by atoms with Gasteiger partial charge in [0.25, 0.3) is 0 Å². The Balaban J connectivity index is 1.80. The maximum atomic E-state index is 11.8. The van der Waals surface area contributed by atoms with Crippen LogP contribution in [0.5, 0.6) is 0 Å². The second-order valence-electron chi connectivity index (χ2n) is 5.65. The van der Waals surface area contributed by atoms with Gasteiger partial charge in [-0.05, 0) is 30.9 Å². The Morgan fingerprint density at radius 2 is 2.22 bits per heavy atom. The fraction of sp³-hybridized carbons (Fsp3) is 0.412. The molecule has 1 aromatic carbocycles. The number of aromatic nitrogens is 2. The van der Waals surface area contributed by atoms with Gasteiger partial charge in [-0.1, -0.05) is 24.3 Å². The maximum absolute atomic E-state index is 11.8. The number of hydrogen-bond donors (Lipinski definition) is 3. The van der Waals surface area contributed by atoms with Gasteiger partial charge in [0.05, 0.1) is 6.33 Å². The zero-order valence-electron chi connectivity index (χ0n) is 13.4. The van der Waals surface area contributed by atoms with Crippen LogP contribution >= 0.6 is 0 Å². The monoisotopic (exact) mass is 316 g/mol. The van der Waals surface area contributed by atoms with Crippen molar-refractivity contribution in [3.05, 3.63) is 54.1 Å². The molecule has 2 aromatic rings. The first kappa shape index (κ1) is 17.0. The van der Waals surface area contributed by atoms with Crippen molar-refractivity contribution in [1.29, 1.82) is 0 Å². The molecule has 1 unspecified atom stereocenters. The van der Waals surface area contributed by atoms with E-state index in [4.69, 9.17) is 5.11 Å². The van der Waals surface area contributed by atoms with Crippen LogP contribution in [0.3, 0.4) is 0 Å². The second kappa shape index (κ2) is 8.95. The summed E-state index contributed by atoms with van der Waals surface area (Å²) in [6.07, 6.45) is 6.92. The van der Waals surface area contributed by atoms with Gasteiger partial charge < -0.3 is 20.3 Å². The first-order valence-corrected chi connectivity index (χ1v) is 7.86. The lowest BCUT2D eigenvalue weighted by Gasteiger charge is -2.14. The molecule has 2 amide bonds. The van der Waals surface area contributed by atoms with E-state index in [9.17, 15) is 4.79 Å². The minimum Gasteiger partial charge on any atom is -0.396 e. The van der Waals surface area contributed by atoms with E-state index in [1.807, 2.05) is 29.8 Å². The number of aliphatic hydroxyl groups excluding tert-OH is 1. The van der Waals surface area contributed by atoms with E-state index >= 15 is 0 Å². The highest BCUT2D eigenvalue weighted by atomic mass is 16.3. The molecule has 1 atom stereocenters. The molecule has 1 heterocycles. The van der Waals surface area contributed by atoms with Gasteiger partial charge in [-0.15, -0.1) is 0 Å². The number of hydrogen-bond acceptors (Lipinski definition) is 3. The largest absolute Gasteiger partial charge is 0.396 e. The SMILES string of the molecule is CC(CCCO)NC(=O)NCc1cccc(Cn2ccnc2)c1. The van der Waals surface area contributed by atoms with E-state index in [-0.39, 0.29) is 18.7 Å². The first-order chi connectivity index (χ1) is 11.2. The quantitative estimate of drug-likeness (QED) is 0.696. The van der Waals surface area contributed by atoms with Crippen molar-refractivity contribution in [2.75, 3.05) is 6.61 Å². The molecular weight excluding hydrogens is 292 g/mol. The number of imidazole rings is 1. The molecule has 0 aliphatic heterocycles. The Morgan fingerprint density at radius 1 is 1.39 bits per heavy atom. The minimum absolute atomic E-state index is 0.0507. The first-order valence-electron chi connectivity index (χ1n) is 7.86.